The minimum atomic E-state index is -1.02. The van der Waals surface area contributed by atoms with Crippen molar-refractivity contribution in [3.63, 3.8) is 0 Å². The topological polar surface area (TPSA) is 118 Å². The van der Waals surface area contributed by atoms with Gasteiger partial charge in [0.1, 0.15) is 17.9 Å². The molecule has 0 saturated carbocycles. The van der Waals surface area contributed by atoms with Crippen molar-refractivity contribution in [3.05, 3.63) is 24.5 Å². The van der Waals surface area contributed by atoms with E-state index in [9.17, 15) is 14.4 Å². The molecule has 1 aromatic rings. The number of ketones is 1. The van der Waals surface area contributed by atoms with Crippen molar-refractivity contribution in [2.75, 3.05) is 7.11 Å². The molecule has 2 N–H and O–H groups in total. The quantitative estimate of drug-likeness (QED) is 0.505. The number of nitrogens with zero attached hydrogens (tertiary/aromatic N) is 1. The van der Waals surface area contributed by atoms with E-state index in [0.717, 1.165) is 0 Å². The van der Waals surface area contributed by atoms with Gasteiger partial charge in [0.15, 0.2) is 5.78 Å². The summed E-state index contributed by atoms with van der Waals surface area (Å²) in [5, 5.41) is 9.36. The molecule has 1 amide bonds. The van der Waals surface area contributed by atoms with Crippen LogP contribution in [0.2, 0.25) is 0 Å². The molecule has 0 aliphatic carbocycles. The number of esters is 1. The van der Waals surface area contributed by atoms with Gasteiger partial charge in [-0.05, 0) is 25.5 Å². The van der Waals surface area contributed by atoms with Gasteiger partial charge in [-0.2, -0.15) is 0 Å². The predicted octanol–water partition coefficient (Wildman–Crippen LogP) is 0.506. The maximum Gasteiger partial charge on any atom is 0.334 e. The molecule has 0 unspecified atom stereocenters. The maximum atomic E-state index is 12.2. The summed E-state index contributed by atoms with van der Waals surface area (Å²) in [5.41, 5.74) is 0. The molecule has 0 bridgehead atoms. The van der Waals surface area contributed by atoms with Crippen molar-refractivity contribution >= 4 is 23.9 Å². The molecule has 124 valence electrons. The molecular weight excluding hydrogens is 302 g/mol. The van der Waals surface area contributed by atoms with Crippen molar-refractivity contribution in [3.8, 4) is 5.75 Å². The molecule has 0 aromatic carbocycles. The second kappa shape index (κ2) is 9.42. The van der Waals surface area contributed by atoms with Crippen LogP contribution in [0.1, 0.15) is 19.8 Å². The number of aromatic nitrogens is 1. The van der Waals surface area contributed by atoms with E-state index in [1.165, 1.54) is 38.6 Å². The molecule has 0 aliphatic heterocycles. The van der Waals surface area contributed by atoms with Crippen LogP contribution in [0.4, 0.5) is 0 Å². The first-order chi connectivity index (χ1) is 11.0. The van der Waals surface area contributed by atoms with Crippen LogP contribution in [-0.2, 0) is 19.1 Å². The van der Waals surface area contributed by atoms with Crippen LogP contribution >= 0.6 is 0 Å². The van der Waals surface area contributed by atoms with Gasteiger partial charge in [0.05, 0.1) is 6.21 Å². The first kappa shape index (κ1) is 18.4. The van der Waals surface area contributed by atoms with Crippen LogP contribution in [0.15, 0.2) is 24.5 Å². The molecule has 0 radical (unpaired) electrons. The Morgan fingerprint density at radius 3 is 2.57 bits per heavy atom. The zero-order chi connectivity index (χ0) is 17.2. The molecular formula is C15H19N3O5. The second-order valence-electron chi connectivity index (χ2n) is 4.69. The smallest absolute Gasteiger partial charge is 0.334 e. The van der Waals surface area contributed by atoms with Crippen molar-refractivity contribution < 1.29 is 23.9 Å². The standard InChI is InChI=1S/C15H19N3O5/c1-10(22-2)14(20)18-13(4-3-11(19)9-16)15(21)23-12-5-7-17-8-6-12/h5-10,13,16H,3-4H2,1-2H3,(H,18,20)/t10-,13+/m1/s1. The van der Waals surface area contributed by atoms with Crippen LogP contribution in [0.5, 0.6) is 5.75 Å². The Bertz CT molecular complexity index is 561. The molecule has 8 heteroatoms. The number of hydrogen-bond donors (Lipinski definition) is 2. The van der Waals surface area contributed by atoms with Gasteiger partial charge in [0.2, 0.25) is 5.91 Å². The second-order valence-corrected chi connectivity index (χ2v) is 4.69. The van der Waals surface area contributed by atoms with Crippen molar-refractivity contribution in [1.82, 2.24) is 10.3 Å². The lowest BCUT2D eigenvalue weighted by atomic mass is 10.1. The minimum absolute atomic E-state index is 0.0281. The first-order valence-corrected chi connectivity index (χ1v) is 6.96. The third kappa shape index (κ3) is 6.35. The molecule has 0 aliphatic rings. The van der Waals surface area contributed by atoms with Gasteiger partial charge >= 0.3 is 5.97 Å². The van der Waals surface area contributed by atoms with E-state index in [1.807, 2.05) is 0 Å². The lowest BCUT2D eigenvalue weighted by molar-refractivity contribution is -0.141. The lowest BCUT2D eigenvalue weighted by Gasteiger charge is -2.19. The summed E-state index contributed by atoms with van der Waals surface area (Å²) in [6.45, 7) is 1.53. The number of Topliss-reactive ketones (excluding diaryl/α,β-unsaturated/α-hetero) is 1. The average molecular weight is 321 g/mol. The fourth-order valence-electron chi connectivity index (χ4n) is 1.60. The Labute approximate surface area is 133 Å². The molecule has 8 nitrogen and oxygen atoms in total. The van der Waals surface area contributed by atoms with Gasteiger partial charge in [-0.15, -0.1) is 0 Å². The van der Waals surface area contributed by atoms with E-state index >= 15 is 0 Å². The van der Waals surface area contributed by atoms with Gasteiger partial charge in [-0.3, -0.25) is 14.6 Å². The highest BCUT2D eigenvalue weighted by Gasteiger charge is 2.25. The number of nitrogens with one attached hydrogen (secondary N) is 2. The number of amides is 1. The summed E-state index contributed by atoms with van der Waals surface area (Å²) < 4.78 is 10.0. The molecule has 0 spiro atoms. The number of carbonyl (C=O) groups is 3. The minimum Gasteiger partial charge on any atom is -0.425 e. The summed E-state index contributed by atoms with van der Waals surface area (Å²) in [6.07, 6.45) is 2.82. The summed E-state index contributed by atoms with van der Waals surface area (Å²) in [5.74, 6) is -1.36. The zero-order valence-electron chi connectivity index (χ0n) is 12.9. The third-order valence-electron chi connectivity index (χ3n) is 3.03. The fourth-order valence-corrected chi connectivity index (χ4v) is 1.60. The number of hydrogen-bond acceptors (Lipinski definition) is 7. The van der Waals surface area contributed by atoms with Gasteiger partial charge in [0.25, 0.3) is 0 Å². The van der Waals surface area contributed by atoms with Gasteiger partial charge in [0, 0.05) is 25.9 Å². The number of ether oxygens (including phenoxy) is 2. The number of rotatable bonds is 9. The SMILES string of the molecule is CO[C@H](C)C(=O)N[C@@H](CCC(=O)C=N)C(=O)Oc1ccncc1. The summed E-state index contributed by atoms with van der Waals surface area (Å²) in [6, 6.07) is 1.98. The molecule has 1 rings (SSSR count). The van der Waals surface area contributed by atoms with Crippen LogP contribution in [-0.4, -0.2) is 48.1 Å². The van der Waals surface area contributed by atoms with Crippen LogP contribution in [0.3, 0.4) is 0 Å². The Morgan fingerprint density at radius 1 is 1.35 bits per heavy atom. The third-order valence-corrected chi connectivity index (χ3v) is 3.03. The van der Waals surface area contributed by atoms with Crippen LogP contribution in [0, 0.1) is 5.41 Å². The van der Waals surface area contributed by atoms with E-state index in [-0.39, 0.29) is 18.6 Å². The number of pyridine rings is 1. The van der Waals surface area contributed by atoms with Gasteiger partial charge in [-0.1, -0.05) is 0 Å². The van der Waals surface area contributed by atoms with E-state index in [0.29, 0.717) is 6.21 Å². The molecule has 2 atom stereocenters. The lowest BCUT2D eigenvalue weighted by Crippen LogP contribution is -2.47. The number of carbonyl (C=O) groups excluding carboxylic acids is 3. The summed E-state index contributed by atoms with van der Waals surface area (Å²) in [4.78, 5) is 39.1. The van der Waals surface area contributed by atoms with Crippen molar-refractivity contribution in [2.45, 2.75) is 31.9 Å². The van der Waals surface area contributed by atoms with Crippen LogP contribution in [0.25, 0.3) is 0 Å². The highest BCUT2D eigenvalue weighted by Crippen LogP contribution is 2.10. The normalized spacial score (nSPS) is 12.8. The number of methoxy groups -OCH3 is 1. The molecule has 0 fully saturated rings. The highest BCUT2D eigenvalue weighted by molar-refractivity contribution is 6.26. The van der Waals surface area contributed by atoms with E-state index < -0.39 is 29.8 Å². The molecule has 1 aromatic heterocycles. The van der Waals surface area contributed by atoms with Crippen molar-refractivity contribution in [1.29, 1.82) is 5.41 Å². The zero-order valence-corrected chi connectivity index (χ0v) is 12.9. The predicted molar refractivity (Wildman–Crippen MR) is 81.3 cm³/mol. The van der Waals surface area contributed by atoms with Crippen molar-refractivity contribution in [2.24, 2.45) is 0 Å². The van der Waals surface area contributed by atoms with Gasteiger partial charge in [-0.25, -0.2) is 4.79 Å². The molecule has 1 heterocycles. The van der Waals surface area contributed by atoms with E-state index in [2.05, 4.69) is 10.3 Å². The Balaban J connectivity index is 2.75. The first-order valence-electron chi connectivity index (χ1n) is 6.96. The van der Waals surface area contributed by atoms with E-state index in [1.54, 1.807) is 0 Å². The molecule has 23 heavy (non-hydrogen) atoms. The highest BCUT2D eigenvalue weighted by atomic mass is 16.5. The van der Waals surface area contributed by atoms with Crippen LogP contribution < -0.4 is 10.1 Å². The Morgan fingerprint density at radius 2 is 2.00 bits per heavy atom. The van der Waals surface area contributed by atoms with Gasteiger partial charge < -0.3 is 20.2 Å². The summed E-state index contributed by atoms with van der Waals surface area (Å²) >= 11 is 0. The average Bonchev–Trinajstić information content (AvgIpc) is 2.57. The van der Waals surface area contributed by atoms with E-state index in [4.69, 9.17) is 14.9 Å². The Kier molecular flexibility index (Phi) is 7.55. The summed E-state index contributed by atoms with van der Waals surface area (Å²) in [7, 11) is 1.37. The largest absolute Gasteiger partial charge is 0.425 e. The molecule has 0 saturated heterocycles. The Hall–Kier alpha value is -2.61. The fraction of sp³-hybridized carbons (Fsp3) is 0.400. The monoisotopic (exact) mass is 321 g/mol. The maximum absolute atomic E-state index is 12.2.